The summed E-state index contributed by atoms with van der Waals surface area (Å²) in [6.07, 6.45) is 0. The highest BCUT2D eigenvalue weighted by molar-refractivity contribution is 5.85. The normalized spacial score (nSPS) is 11.0. The van der Waals surface area contributed by atoms with E-state index in [1.165, 1.54) is 25.3 Å². The molecule has 0 aliphatic heterocycles. The van der Waals surface area contributed by atoms with Crippen molar-refractivity contribution in [1.29, 1.82) is 0 Å². The number of benzene rings is 1. The van der Waals surface area contributed by atoms with Crippen LogP contribution < -0.4 is 20.5 Å². The van der Waals surface area contributed by atoms with Gasteiger partial charge >= 0.3 is 5.69 Å². The number of halogens is 1. The molecular formula is C12H18ClN3O5. The van der Waals surface area contributed by atoms with Gasteiger partial charge in [0, 0.05) is 24.7 Å². The molecule has 0 aromatic heterocycles. The number of hydrogen-bond donors (Lipinski definition) is 2. The number of nitrogens with zero attached hydrogens (tertiary/aromatic N) is 1. The molecule has 1 aromatic rings. The zero-order valence-corrected chi connectivity index (χ0v) is 12.5. The highest BCUT2D eigenvalue weighted by Crippen LogP contribution is 2.30. The molecule has 0 radical (unpaired) electrons. The van der Waals surface area contributed by atoms with E-state index in [0.717, 1.165) is 0 Å². The molecule has 0 unspecified atom stereocenters. The van der Waals surface area contributed by atoms with Crippen molar-refractivity contribution in [1.82, 2.24) is 5.32 Å². The second kappa shape index (κ2) is 8.98. The van der Waals surface area contributed by atoms with Gasteiger partial charge in [-0.05, 0) is 13.0 Å². The molecule has 0 fully saturated rings. The molecule has 1 rings (SSSR count). The highest BCUT2D eigenvalue weighted by atomic mass is 35.5. The van der Waals surface area contributed by atoms with Crippen LogP contribution in [0, 0.1) is 10.1 Å². The highest BCUT2D eigenvalue weighted by Gasteiger charge is 2.15. The van der Waals surface area contributed by atoms with Crippen molar-refractivity contribution in [2.45, 2.75) is 13.0 Å². The van der Waals surface area contributed by atoms with E-state index in [0.29, 0.717) is 12.3 Å². The fourth-order valence-corrected chi connectivity index (χ4v) is 1.42. The van der Waals surface area contributed by atoms with Gasteiger partial charge in [-0.3, -0.25) is 14.9 Å². The van der Waals surface area contributed by atoms with Gasteiger partial charge in [-0.1, -0.05) is 0 Å². The Morgan fingerprint density at radius 1 is 1.52 bits per heavy atom. The van der Waals surface area contributed by atoms with Crippen LogP contribution in [0.25, 0.3) is 0 Å². The van der Waals surface area contributed by atoms with Gasteiger partial charge in [0.2, 0.25) is 5.75 Å². The van der Waals surface area contributed by atoms with Gasteiger partial charge in [-0.2, -0.15) is 0 Å². The Bertz CT molecular complexity index is 498. The van der Waals surface area contributed by atoms with E-state index in [1.54, 1.807) is 6.92 Å². The summed E-state index contributed by atoms with van der Waals surface area (Å²) in [5.41, 5.74) is 5.21. The number of carbonyl (C=O) groups excluding carboxylic acids is 1. The maximum Gasteiger partial charge on any atom is 0.311 e. The minimum absolute atomic E-state index is 0. The Kier molecular flexibility index (Phi) is 8.10. The first-order valence-electron chi connectivity index (χ1n) is 5.92. The summed E-state index contributed by atoms with van der Waals surface area (Å²) in [5.74, 6) is 0.0616. The molecule has 0 heterocycles. The molecule has 9 heteroatoms. The molecule has 1 atom stereocenters. The number of nitro groups is 1. The van der Waals surface area contributed by atoms with Crippen LogP contribution in [0.2, 0.25) is 0 Å². The van der Waals surface area contributed by atoms with E-state index in [9.17, 15) is 14.9 Å². The number of amides is 1. The zero-order valence-electron chi connectivity index (χ0n) is 11.7. The van der Waals surface area contributed by atoms with Crippen molar-refractivity contribution in [3.8, 4) is 11.5 Å². The third kappa shape index (κ3) is 5.84. The average Bonchev–Trinajstić information content (AvgIpc) is 2.44. The van der Waals surface area contributed by atoms with E-state index < -0.39 is 4.92 Å². The third-order valence-electron chi connectivity index (χ3n) is 2.48. The van der Waals surface area contributed by atoms with Crippen LogP contribution in [-0.2, 0) is 4.79 Å². The van der Waals surface area contributed by atoms with Gasteiger partial charge in [-0.25, -0.2) is 0 Å². The van der Waals surface area contributed by atoms with Crippen LogP contribution in [-0.4, -0.2) is 37.1 Å². The number of methoxy groups -OCH3 is 1. The molecule has 1 aromatic carbocycles. The number of ether oxygens (including phenoxy) is 2. The Balaban J connectivity index is 0.00000400. The SMILES string of the molecule is COc1cc(OCC(=O)N[C@@H](C)CN)ccc1[N+](=O)[O-].Cl. The number of hydrogen-bond acceptors (Lipinski definition) is 6. The third-order valence-corrected chi connectivity index (χ3v) is 2.48. The van der Waals surface area contributed by atoms with Gasteiger partial charge in [0.1, 0.15) is 5.75 Å². The molecule has 8 nitrogen and oxygen atoms in total. The van der Waals surface area contributed by atoms with Crippen LogP contribution in [0.3, 0.4) is 0 Å². The van der Waals surface area contributed by atoms with Crippen molar-refractivity contribution < 1.29 is 19.2 Å². The second-order valence-corrected chi connectivity index (χ2v) is 4.08. The van der Waals surface area contributed by atoms with Crippen LogP contribution in [0.15, 0.2) is 18.2 Å². The van der Waals surface area contributed by atoms with Crippen molar-refractivity contribution in [2.24, 2.45) is 5.73 Å². The maximum absolute atomic E-state index is 11.5. The van der Waals surface area contributed by atoms with Crippen LogP contribution >= 0.6 is 12.4 Å². The summed E-state index contributed by atoms with van der Waals surface area (Å²) in [6, 6.07) is 3.88. The Morgan fingerprint density at radius 2 is 2.19 bits per heavy atom. The standard InChI is InChI=1S/C12H17N3O5.ClH/c1-8(6-13)14-12(16)7-20-9-3-4-10(15(17)18)11(5-9)19-2;/h3-5,8H,6-7,13H2,1-2H3,(H,14,16);1H/t8-;/m0./s1. The number of rotatable bonds is 7. The number of nitrogens with one attached hydrogen (secondary N) is 1. The lowest BCUT2D eigenvalue weighted by atomic mass is 10.3. The number of nitro benzene ring substituents is 1. The van der Waals surface area contributed by atoms with Crippen molar-refractivity contribution in [3.63, 3.8) is 0 Å². The molecule has 0 aliphatic rings. The fourth-order valence-electron chi connectivity index (χ4n) is 1.42. The van der Waals surface area contributed by atoms with E-state index >= 15 is 0 Å². The molecule has 0 bridgehead atoms. The Labute approximate surface area is 128 Å². The van der Waals surface area contributed by atoms with E-state index in [1.807, 2.05) is 0 Å². The summed E-state index contributed by atoms with van der Waals surface area (Å²) in [6.45, 7) is 1.90. The quantitative estimate of drug-likeness (QED) is 0.569. The minimum atomic E-state index is -0.557. The van der Waals surface area contributed by atoms with Gasteiger partial charge in [-0.15, -0.1) is 12.4 Å². The smallest absolute Gasteiger partial charge is 0.311 e. The molecule has 0 spiro atoms. The predicted octanol–water partition coefficient (Wildman–Crippen LogP) is 0.867. The second-order valence-electron chi connectivity index (χ2n) is 4.08. The fraction of sp³-hybridized carbons (Fsp3) is 0.417. The van der Waals surface area contributed by atoms with Crippen LogP contribution in [0.4, 0.5) is 5.69 Å². The summed E-state index contributed by atoms with van der Waals surface area (Å²) in [5, 5.41) is 13.4. The number of nitrogens with two attached hydrogens (primary N) is 1. The maximum atomic E-state index is 11.5. The molecular weight excluding hydrogens is 302 g/mol. The van der Waals surface area contributed by atoms with Gasteiger partial charge in [0.05, 0.1) is 12.0 Å². The molecule has 118 valence electrons. The molecule has 1 amide bonds. The summed E-state index contributed by atoms with van der Waals surface area (Å²) >= 11 is 0. The lowest BCUT2D eigenvalue weighted by Gasteiger charge is -2.12. The summed E-state index contributed by atoms with van der Waals surface area (Å²) in [7, 11) is 1.32. The van der Waals surface area contributed by atoms with Crippen molar-refractivity contribution >= 4 is 24.0 Å². The minimum Gasteiger partial charge on any atom is -0.490 e. The topological polar surface area (TPSA) is 117 Å². The zero-order chi connectivity index (χ0) is 15.1. The first-order valence-corrected chi connectivity index (χ1v) is 5.92. The monoisotopic (exact) mass is 319 g/mol. The van der Waals surface area contributed by atoms with E-state index in [4.69, 9.17) is 15.2 Å². The summed E-state index contributed by atoms with van der Waals surface area (Å²) in [4.78, 5) is 21.6. The molecule has 21 heavy (non-hydrogen) atoms. The largest absolute Gasteiger partial charge is 0.490 e. The molecule has 0 aliphatic carbocycles. The number of carbonyl (C=O) groups is 1. The predicted molar refractivity (Wildman–Crippen MR) is 79.1 cm³/mol. The van der Waals surface area contributed by atoms with Crippen molar-refractivity contribution in [2.75, 3.05) is 20.3 Å². The molecule has 0 saturated heterocycles. The van der Waals surface area contributed by atoms with Gasteiger partial charge in [0.25, 0.3) is 5.91 Å². The lowest BCUT2D eigenvalue weighted by Crippen LogP contribution is -2.40. The van der Waals surface area contributed by atoms with Gasteiger partial charge < -0.3 is 20.5 Å². The Hall–Kier alpha value is -2.06. The molecule has 3 N–H and O–H groups in total. The van der Waals surface area contributed by atoms with Crippen LogP contribution in [0.5, 0.6) is 11.5 Å². The summed E-state index contributed by atoms with van der Waals surface area (Å²) < 4.78 is 10.1. The van der Waals surface area contributed by atoms with E-state index in [2.05, 4.69) is 5.32 Å². The average molecular weight is 320 g/mol. The first-order chi connectivity index (χ1) is 9.47. The first kappa shape index (κ1) is 18.9. The van der Waals surface area contributed by atoms with Gasteiger partial charge in [0.15, 0.2) is 6.61 Å². The lowest BCUT2D eigenvalue weighted by molar-refractivity contribution is -0.385. The van der Waals surface area contributed by atoms with Crippen molar-refractivity contribution in [3.05, 3.63) is 28.3 Å². The van der Waals surface area contributed by atoms with Crippen LogP contribution in [0.1, 0.15) is 6.92 Å². The molecule has 0 saturated carbocycles. The Morgan fingerprint density at radius 3 is 2.71 bits per heavy atom. The van der Waals surface area contributed by atoms with E-state index in [-0.39, 0.29) is 42.4 Å².